The Morgan fingerprint density at radius 3 is 1.52 bits per heavy atom. The molecule has 0 nitrogen and oxygen atoms in total. The van der Waals surface area contributed by atoms with Gasteiger partial charge in [-0.1, -0.05) is 65.7 Å². The van der Waals surface area contributed by atoms with E-state index in [1.165, 1.54) is 96.3 Å². The third-order valence-corrected chi connectivity index (χ3v) is 10.5. The number of alkyl halides is 1. The Morgan fingerprint density at radius 2 is 0.862 bits per heavy atom. The molecule has 4 fully saturated rings. The summed E-state index contributed by atoms with van der Waals surface area (Å²) in [6.45, 7) is 7.12. The second-order valence-electron chi connectivity index (χ2n) is 12.3. The van der Waals surface area contributed by atoms with Gasteiger partial charge in [0.15, 0.2) is 0 Å². The fourth-order valence-corrected chi connectivity index (χ4v) is 8.32. The van der Waals surface area contributed by atoms with Crippen LogP contribution < -0.4 is 0 Å². The molecular weight excluding hydrogens is 355 g/mol. The Balaban J connectivity index is 1.30. The van der Waals surface area contributed by atoms with E-state index in [9.17, 15) is 0 Å². The van der Waals surface area contributed by atoms with Crippen LogP contribution in [-0.4, -0.2) is 6.17 Å². The van der Waals surface area contributed by atoms with Crippen molar-refractivity contribution >= 4 is 0 Å². The molecule has 6 atom stereocenters. The van der Waals surface area contributed by atoms with Crippen molar-refractivity contribution in [3.05, 3.63) is 0 Å². The van der Waals surface area contributed by atoms with E-state index < -0.39 is 6.17 Å². The molecule has 0 aromatic rings. The van der Waals surface area contributed by atoms with E-state index in [0.29, 0.717) is 23.7 Å². The van der Waals surface area contributed by atoms with Crippen molar-refractivity contribution in [2.75, 3.05) is 0 Å². The Kier molecular flexibility index (Phi) is 7.66. The number of hydrogen-bond donors (Lipinski definition) is 0. The van der Waals surface area contributed by atoms with E-state index in [2.05, 4.69) is 20.8 Å². The summed E-state index contributed by atoms with van der Waals surface area (Å²) in [7, 11) is 0. The summed E-state index contributed by atoms with van der Waals surface area (Å²) in [5, 5.41) is 0. The molecule has 6 unspecified atom stereocenters. The van der Waals surface area contributed by atoms with Gasteiger partial charge in [0.1, 0.15) is 6.17 Å². The fourth-order valence-electron chi connectivity index (χ4n) is 8.32. The van der Waals surface area contributed by atoms with Crippen molar-refractivity contribution in [2.45, 2.75) is 123 Å². The maximum Gasteiger partial charge on any atom is 0.106 e. The highest BCUT2D eigenvalue weighted by Gasteiger charge is 2.44. The van der Waals surface area contributed by atoms with Gasteiger partial charge in [0.05, 0.1) is 0 Å². The second kappa shape index (κ2) is 10.0. The summed E-state index contributed by atoms with van der Waals surface area (Å²) in [4.78, 5) is 0. The predicted molar refractivity (Wildman–Crippen MR) is 123 cm³/mol. The highest BCUT2D eigenvalue weighted by Crippen LogP contribution is 2.50. The lowest BCUT2D eigenvalue weighted by atomic mass is 9.62. The topological polar surface area (TPSA) is 0 Å². The van der Waals surface area contributed by atoms with Crippen LogP contribution >= 0.6 is 0 Å². The summed E-state index contributed by atoms with van der Waals surface area (Å²) in [5.41, 5.74) is 0. The molecule has 4 aliphatic carbocycles. The molecule has 0 aliphatic heterocycles. The SMILES string of the molecule is CC1CCC(C2CCCC(C3CCC(C4CCC(C)CC4)C(C)C3F)CC2)CC1. The summed E-state index contributed by atoms with van der Waals surface area (Å²) in [5.74, 6) is 6.71. The molecule has 29 heavy (non-hydrogen) atoms. The van der Waals surface area contributed by atoms with Crippen LogP contribution in [0.3, 0.4) is 0 Å². The summed E-state index contributed by atoms with van der Waals surface area (Å²) in [6, 6.07) is 0. The molecule has 168 valence electrons. The van der Waals surface area contributed by atoms with Crippen LogP contribution in [0.25, 0.3) is 0 Å². The molecule has 0 aromatic carbocycles. The predicted octanol–water partition coefficient (Wildman–Crippen LogP) is 8.84. The molecule has 1 heteroatoms. The molecule has 0 amide bonds. The number of halogens is 1. The van der Waals surface area contributed by atoms with E-state index >= 15 is 4.39 Å². The maximum atomic E-state index is 15.7. The molecular formula is C28H49F. The zero-order valence-corrected chi connectivity index (χ0v) is 19.8. The molecule has 4 saturated carbocycles. The van der Waals surface area contributed by atoms with Crippen molar-refractivity contribution in [3.63, 3.8) is 0 Å². The summed E-state index contributed by atoms with van der Waals surface area (Å²) in [6.07, 6.45) is 20.3. The number of rotatable bonds is 3. The normalized spacial score (nSPS) is 50.1. The molecule has 4 aliphatic rings. The van der Waals surface area contributed by atoms with Gasteiger partial charge in [-0.05, 0) is 105 Å². The molecule has 0 radical (unpaired) electrons. The third-order valence-electron chi connectivity index (χ3n) is 10.5. The Morgan fingerprint density at radius 1 is 0.448 bits per heavy atom. The first-order valence-electron chi connectivity index (χ1n) is 13.7. The first-order valence-corrected chi connectivity index (χ1v) is 13.7. The van der Waals surface area contributed by atoms with E-state index in [0.717, 1.165) is 29.6 Å². The van der Waals surface area contributed by atoms with Crippen LogP contribution in [0.5, 0.6) is 0 Å². The fraction of sp³-hybridized carbons (Fsp3) is 1.00. The lowest BCUT2D eigenvalue weighted by molar-refractivity contribution is -0.00493. The van der Waals surface area contributed by atoms with E-state index in [1.807, 2.05) is 0 Å². The van der Waals surface area contributed by atoms with Gasteiger partial charge in [-0.2, -0.15) is 0 Å². The van der Waals surface area contributed by atoms with Crippen molar-refractivity contribution < 1.29 is 4.39 Å². The van der Waals surface area contributed by atoms with E-state index in [-0.39, 0.29) is 0 Å². The van der Waals surface area contributed by atoms with Crippen molar-refractivity contribution in [1.29, 1.82) is 0 Å². The second-order valence-corrected chi connectivity index (χ2v) is 12.3. The summed E-state index contributed by atoms with van der Waals surface area (Å²) < 4.78 is 15.7. The van der Waals surface area contributed by atoms with Crippen LogP contribution in [-0.2, 0) is 0 Å². The quantitative estimate of drug-likeness (QED) is 0.412. The van der Waals surface area contributed by atoms with Gasteiger partial charge in [-0.15, -0.1) is 0 Å². The molecule has 0 N–H and O–H groups in total. The Labute approximate surface area is 181 Å². The molecule has 0 heterocycles. The minimum atomic E-state index is -0.523. The van der Waals surface area contributed by atoms with Gasteiger partial charge in [-0.25, -0.2) is 4.39 Å². The smallest absolute Gasteiger partial charge is 0.106 e. The average molecular weight is 405 g/mol. The maximum absolute atomic E-state index is 15.7. The Bertz CT molecular complexity index is 485. The van der Waals surface area contributed by atoms with E-state index in [1.54, 1.807) is 0 Å². The largest absolute Gasteiger partial charge is 0.247 e. The van der Waals surface area contributed by atoms with Gasteiger partial charge >= 0.3 is 0 Å². The van der Waals surface area contributed by atoms with Crippen LogP contribution in [0.1, 0.15) is 117 Å². The lowest BCUT2D eigenvalue weighted by Gasteiger charge is -2.45. The minimum absolute atomic E-state index is 0.311. The van der Waals surface area contributed by atoms with Crippen LogP contribution in [0.15, 0.2) is 0 Å². The standard InChI is InChI=1S/C28H49F/c1-19-7-11-23(12-8-19)22-5-4-6-24(16-15-22)27-18-17-26(21(3)28(27)29)25-13-9-20(2)10-14-25/h19-28H,4-18H2,1-3H3. The van der Waals surface area contributed by atoms with Gasteiger partial charge < -0.3 is 0 Å². The highest BCUT2D eigenvalue weighted by molar-refractivity contribution is 4.93. The van der Waals surface area contributed by atoms with Crippen LogP contribution in [0.2, 0.25) is 0 Å². The monoisotopic (exact) mass is 404 g/mol. The van der Waals surface area contributed by atoms with Crippen LogP contribution in [0, 0.1) is 53.3 Å². The molecule has 0 bridgehead atoms. The zero-order valence-electron chi connectivity index (χ0n) is 19.8. The van der Waals surface area contributed by atoms with Gasteiger partial charge in [0, 0.05) is 0 Å². The number of hydrogen-bond acceptors (Lipinski definition) is 0. The third kappa shape index (κ3) is 5.23. The minimum Gasteiger partial charge on any atom is -0.247 e. The van der Waals surface area contributed by atoms with Gasteiger partial charge in [0.2, 0.25) is 0 Å². The highest BCUT2D eigenvalue weighted by atomic mass is 19.1. The first-order chi connectivity index (χ1) is 14.0. The van der Waals surface area contributed by atoms with Gasteiger partial charge in [-0.3, -0.25) is 0 Å². The Hall–Kier alpha value is -0.0700. The zero-order chi connectivity index (χ0) is 20.4. The molecule has 0 spiro atoms. The van der Waals surface area contributed by atoms with Crippen molar-refractivity contribution in [1.82, 2.24) is 0 Å². The molecule has 0 saturated heterocycles. The van der Waals surface area contributed by atoms with Crippen molar-refractivity contribution in [3.8, 4) is 0 Å². The molecule has 4 rings (SSSR count). The van der Waals surface area contributed by atoms with E-state index in [4.69, 9.17) is 0 Å². The lowest BCUT2D eigenvalue weighted by Crippen LogP contribution is -2.41. The van der Waals surface area contributed by atoms with Crippen molar-refractivity contribution in [2.24, 2.45) is 53.3 Å². The van der Waals surface area contributed by atoms with Crippen LogP contribution in [0.4, 0.5) is 4.39 Å². The average Bonchev–Trinajstić information content (AvgIpc) is 2.98. The molecule has 0 aromatic heterocycles. The van der Waals surface area contributed by atoms with Gasteiger partial charge in [0.25, 0.3) is 0 Å². The first kappa shape index (κ1) is 22.1. The summed E-state index contributed by atoms with van der Waals surface area (Å²) >= 11 is 0.